The number of rotatable bonds is 20. The van der Waals surface area contributed by atoms with Crippen molar-refractivity contribution in [2.75, 3.05) is 11.0 Å². The first-order valence-corrected chi connectivity index (χ1v) is 17.6. The van der Waals surface area contributed by atoms with Gasteiger partial charge in [0.05, 0.1) is 6.10 Å². The Morgan fingerprint density at radius 3 is 1.88 bits per heavy atom. The van der Waals surface area contributed by atoms with Gasteiger partial charge in [0.2, 0.25) is 0 Å². The van der Waals surface area contributed by atoms with E-state index in [1.807, 2.05) is 0 Å². The van der Waals surface area contributed by atoms with Gasteiger partial charge in [-0.3, -0.25) is 4.79 Å². The molecule has 0 saturated heterocycles. The number of carbonyl (C=O) groups excluding carboxylic acids is 1. The molecule has 0 aliphatic carbocycles. The second kappa shape index (κ2) is 19.4. The van der Waals surface area contributed by atoms with Gasteiger partial charge < -0.3 is 9.16 Å². The summed E-state index contributed by atoms with van der Waals surface area (Å²) in [7, 11) is -1.83. The van der Waals surface area contributed by atoms with Gasteiger partial charge in [0.25, 0.3) is 0 Å². The average Bonchev–Trinajstić information content (AvgIpc) is 2.73. The molecular formula is C27H53IO3Si. The molecule has 0 radical (unpaired) electrons. The summed E-state index contributed by atoms with van der Waals surface area (Å²) >= 11 is 2.33. The number of unbranched alkanes of at least 4 members (excludes halogenated alkanes) is 11. The zero-order chi connectivity index (χ0) is 24.3. The molecule has 5 heteroatoms. The lowest BCUT2D eigenvalue weighted by Gasteiger charge is -2.38. The molecule has 32 heavy (non-hydrogen) atoms. The Bertz CT molecular complexity index is 486. The fraction of sp³-hybridized carbons (Fsp3) is 0.889. The molecule has 0 aliphatic rings. The fourth-order valence-corrected chi connectivity index (χ4v) is 5.41. The van der Waals surface area contributed by atoms with E-state index in [-0.39, 0.29) is 17.1 Å². The van der Waals surface area contributed by atoms with Crippen molar-refractivity contribution in [1.29, 1.82) is 0 Å². The number of esters is 1. The normalized spacial score (nSPS) is 13.6. The van der Waals surface area contributed by atoms with E-state index in [2.05, 4.69) is 75.5 Å². The molecule has 0 saturated carbocycles. The third-order valence-electron chi connectivity index (χ3n) is 6.51. The summed E-state index contributed by atoms with van der Waals surface area (Å²) < 4.78 is 12.8. The van der Waals surface area contributed by atoms with E-state index < -0.39 is 8.32 Å². The Morgan fingerprint density at radius 2 is 1.38 bits per heavy atom. The fourth-order valence-electron chi connectivity index (χ4n) is 3.30. The minimum atomic E-state index is -1.83. The lowest BCUT2D eigenvalue weighted by molar-refractivity contribution is -0.146. The molecule has 3 nitrogen and oxygen atoms in total. The zero-order valence-electron chi connectivity index (χ0n) is 22.1. The van der Waals surface area contributed by atoms with Crippen molar-refractivity contribution < 1.29 is 14.0 Å². The Kier molecular flexibility index (Phi) is 19.5. The van der Waals surface area contributed by atoms with Crippen molar-refractivity contribution in [2.24, 2.45) is 0 Å². The smallest absolute Gasteiger partial charge is 0.305 e. The van der Waals surface area contributed by atoms with Crippen molar-refractivity contribution in [3.63, 3.8) is 0 Å². The van der Waals surface area contributed by atoms with Crippen molar-refractivity contribution in [3.8, 4) is 0 Å². The van der Waals surface area contributed by atoms with Crippen LogP contribution in [0.25, 0.3) is 0 Å². The van der Waals surface area contributed by atoms with E-state index in [0.717, 1.165) is 17.3 Å². The molecule has 0 spiro atoms. The van der Waals surface area contributed by atoms with Gasteiger partial charge in [-0.15, -0.1) is 0 Å². The van der Waals surface area contributed by atoms with Gasteiger partial charge in [-0.1, -0.05) is 114 Å². The summed E-state index contributed by atoms with van der Waals surface area (Å²) in [5.74, 6) is -0.0729. The molecule has 0 amide bonds. The standard InChI is InChI=1S/C27H53IO3Si/c1-7-8-9-10-11-12-13-14-15-16-17-18-19-20-21-22-26(29)30-24-25(23-28)31-32(5,6)27(2,3)4/h14-15,25H,7-13,16-24H2,1-6H3/b15-14-/t25-/m1/s1. The minimum absolute atomic E-state index is 0.00885. The number of alkyl halides is 1. The van der Waals surface area contributed by atoms with Crippen LogP contribution in [-0.4, -0.2) is 31.4 Å². The van der Waals surface area contributed by atoms with Crippen LogP contribution in [0.15, 0.2) is 12.2 Å². The third-order valence-corrected chi connectivity index (χ3v) is 12.0. The minimum Gasteiger partial charge on any atom is -0.463 e. The lowest BCUT2D eigenvalue weighted by Crippen LogP contribution is -2.45. The van der Waals surface area contributed by atoms with E-state index in [4.69, 9.17) is 9.16 Å². The topological polar surface area (TPSA) is 35.5 Å². The van der Waals surface area contributed by atoms with Gasteiger partial charge in [0.15, 0.2) is 8.32 Å². The summed E-state index contributed by atoms with van der Waals surface area (Å²) in [6.07, 6.45) is 21.8. The van der Waals surface area contributed by atoms with Crippen molar-refractivity contribution in [3.05, 3.63) is 12.2 Å². The highest BCUT2D eigenvalue weighted by atomic mass is 127. The predicted molar refractivity (Wildman–Crippen MR) is 151 cm³/mol. The highest BCUT2D eigenvalue weighted by Gasteiger charge is 2.39. The first kappa shape index (κ1) is 32.1. The number of halogens is 1. The van der Waals surface area contributed by atoms with Crippen molar-refractivity contribution in [2.45, 2.75) is 142 Å². The van der Waals surface area contributed by atoms with E-state index in [1.54, 1.807) is 0 Å². The van der Waals surface area contributed by atoms with Crippen molar-refractivity contribution in [1.82, 2.24) is 0 Å². The van der Waals surface area contributed by atoms with Crippen LogP contribution < -0.4 is 0 Å². The van der Waals surface area contributed by atoms with E-state index in [9.17, 15) is 4.79 Å². The van der Waals surface area contributed by atoms with Gasteiger partial charge >= 0.3 is 5.97 Å². The Morgan fingerprint density at radius 1 is 0.875 bits per heavy atom. The van der Waals surface area contributed by atoms with Crippen molar-refractivity contribution >= 4 is 36.9 Å². The first-order valence-electron chi connectivity index (χ1n) is 13.2. The molecule has 0 fully saturated rings. The molecule has 0 aliphatic heterocycles. The van der Waals surface area contributed by atoms with Crippen LogP contribution in [0.4, 0.5) is 0 Å². The summed E-state index contributed by atoms with van der Waals surface area (Å²) in [5, 5.41) is 0.171. The summed E-state index contributed by atoms with van der Waals surface area (Å²) in [6, 6.07) is 0. The average molecular weight is 581 g/mol. The van der Waals surface area contributed by atoms with Crippen LogP contribution >= 0.6 is 22.6 Å². The molecule has 0 unspecified atom stereocenters. The predicted octanol–water partition coefficient (Wildman–Crippen LogP) is 9.39. The lowest BCUT2D eigenvalue weighted by atomic mass is 10.1. The molecule has 0 heterocycles. The number of hydrogen-bond acceptors (Lipinski definition) is 3. The number of carbonyl (C=O) groups is 1. The largest absolute Gasteiger partial charge is 0.463 e. The van der Waals surface area contributed by atoms with Crippen LogP contribution in [0.5, 0.6) is 0 Å². The van der Waals surface area contributed by atoms with Crippen LogP contribution in [0.2, 0.25) is 18.1 Å². The molecule has 190 valence electrons. The SMILES string of the molecule is CCCCCCCC/C=C\CCCCCCCC(=O)OC[C@@H](CI)O[Si](C)(C)C(C)(C)C. The van der Waals surface area contributed by atoms with Crippen LogP contribution in [0, 0.1) is 0 Å². The second-order valence-corrected chi connectivity index (χ2v) is 16.3. The van der Waals surface area contributed by atoms with E-state index in [0.29, 0.717) is 13.0 Å². The van der Waals surface area contributed by atoms with Crippen LogP contribution in [0.3, 0.4) is 0 Å². The first-order chi connectivity index (χ1) is 15.1. The van der Waals surface area contributed by atoms with Crippen LogP contribution in [0.1, 0.15) is 118 Å². The van der Waals surface area contributed by atoms with E-state index >= 15 is 0 Å². The van der Waals surface area contributed by atoms with Gasteiger partial charge in [-0.2, -0.15) is 0 Å². The molecule has 0 aromatic rings. The Labute approximate surface area is 215 Å². The Balaban J connectivity index is 3.66. The monoisotopic (exact) mass is 580 g/mol. The summed E-state index contributed by atoms with van der Waals surface area (Å²) in [4.78, 5) is 12.1. The number of allylic oxidation sites excluding steroid dienone is 2. The maximum Gasteiger partial charge on any atom is 0.305 e. The summed E-state index contributed by atoms with van der Waals surface area (Å²) in [5.41, 5.74) is 0. The molecule has 0 N–H and O–H groups in total. The second-order valence-electron chi connectivity index (χ2n) is 10.7. The van der Waals surface area contributed by atoms with Gasteiger partial charge in [-0.05, 0) is 50.2 Å². The molecule has 0 aromatic carbocycles. The van der Waals surface area contributed by atoms with Crippen LogP contribution in [-0.2, 0) is 14.0 Å². The van der Waals surface area contributed by atoms with Gasteiger partial charge in [-0.25, -0.2) is 0 Å². The quantitative estimate of drug-likeness (QED) is 0.0359. The van der Waals surface area contributed by atoms with Gasteiger partial charge in [0.1, 0.15) is 6.61 Å². The molecule has 0 bridgehead atoms. The van der Waals surface area contributed by atoms with E-state index in [1.165, 1.54) is 70.6 Å². The third kappa shape index (κ3) is 17.6. The van der Waals surface area contributed by atoms with Gasteiger partial charge in [0, 0.05) is 10.8 Å². The maximum atomic E-state index is 12.1. The Hall–Kier alpha value is 0.117. The number of hydrogen-bond donors (Lipinski definition) is 0. The molecule has 1 atom stereocenters. The molecule has 0 rings (SSSR count). The maximum absolute atomic E-state index is 12.1. The number of ether oxygens (including phenoxy) is 1. The highest BCUT2D eigenvalue weighted by molar-refractivity contribution is 14.1. The molecule has 0 aromatic heterocycles. The zero-order valence-corrected chi connectivity index (χ0v) is 25.3. The molecular weight excluding hydrogens is 527 g/mol. The summed E-state index contributed by atoms with van der Waals surface area (Å²) in [6.45, 7) is 13.9. The highest BCUT2D eigenvalue weighted by Crippen LogP contribution is 2.37.